The minimum absolute atomic E-state index is 0.0767. The molecule has 0 aliphatic carbocycles. The number of methoxy groups -OCH3 is 1. The number of nitrogens with two attached hydrogens (primary N) is 1. The lowest BCUT2D eigenvalue weighted by molar-refractivity contribution is -0.0188. The average Bonchev–Trinajstić information content (AvgIpc) is 2.80. The first kappa shape index (κ1) is 29.7. The smallest absolute Gasteiger partial charge is 0.392 e. The quantitative estimate of drug-likeness (QED) is 0.135. The van der Waals surface area contributed by atoms with Gasteiger partial charge in [-0.05, 0) is 0 Å². The molecule has 1 aromatic heterocycles. The molecule has 3 N–H and O–H groups in total. The van der Waals surface area contributed by atoms with Gasteiger partial charge in [0.25, 0.3) is 0 Å². The van der Waals surface area contributed by atoms with Crippen LogP contribution in [0.3, 0.4) is 0 Å². The molecule has 1 rings (SSSR count). The molecule has 13 nitrogen and oxygen atoms in total. The van der Waals surface area contributed by atoms with Crippen LogP contribution in [0.5, 0.6) is 0 Å². The normalized spacial score (nSPS) is 12.3. The van der Waals surface area contributed by atoms with Crippen molar-refractivity contribution in [1.82, 2.24) is 13.7 Å². The highest BCUT2D eigenvalue weighted by molar-refractivity contribution is 7.87. The van der Waals surface area contributed by atoms with Gasteiger partial charge in [-0.1, -0.05) is 3.97 Å². The van der Waals surface area contributed by atoms with Crippen LogP contribution in [0.15, 0.2) is 17.1 Å². The van der Waals surface area contributed by atoms with Crippen LogP contribution in [-0.4, -0.2) is 113 Å². The summed E-state index contributed by atoms with van der Waals surface area (Å²) in [5.74, 6) is 0.0767. The van der Waals surface area contributed by atoms with Crippen molar-refractivity contribution in [2.45, 2.75) is 0 Å². The van der Waals surface area contributed by atoms with Crippen LogP contribution in [0, 0.1) is 0 Å². The number of nitrogens with one attached hydrogen (secondary N) is 1. The summed E-state index contributed by atoms with van der Waals surface area (Å²) in [5.41, 5.74) is 4.70. The number of hydrogen-bond donors (Lipinski definition) is 2. The summed E-state index contributed by atoms with van der Waals surface area (Å²) in [6.07, 6.45) is 1.31. The van der Waals surface area contributed by atoms with E-state index in [0.717, 1.165) is 3.97 Å². The number of aromatic nitrogens is 2. The van der Waals surface area contributed by atoms with Gasteiger partial charge in [0.05, 0.1) is 98.6 Å². The molecule has 0 radical (unpaired) electrons. The molecule has 0 spiro atoms. The molecule has 0 aromatic carbocycles. The first-order chi connectivity index (χ1) is 16.1. The summed E-state index contributed by atoms with van der Waals surface area (Å²) in [4.78, 5) is 15.1. The summed E-state index contributed by atoms with van der Waals surface area (Å²) in [6.45, 7) is 6.53. The van der Waals surface area contributed by atoms with Gasteiger partial charge in [-0.3, -0.25) is 0 Å². The number of nitrogen functional groups attached to an aromatic ring is 1. The third-order valence-corrected chi connectivity index (χ3v) is 4.82. The SMILES string of the molecule is COCCOCCOCCOCCOCCOCCOCCN[S+]([O-])n1ccc(N)nc1=O. The van der Waals surface area contributed by atoms with E-state index in [4.69, 9.17) is 38.9 Å². The van der Waals surface area contributed by atoms with Crippen molar-refractivity contribution in [1.29, 1.82) is 0 Å². The van der Waals surface area contributed by atoms with Gasteiger partial charge in [0.15, 0.2) is 11.5 Å². The predicted octanol–water partition coefficient (Wildman–Crippen LogP) is -1.41. The van der Waals surface area contributed by atoms with E-state index < -0.39 is 17.2 Å². The van der Waals surface area contributed by atoms with E-state index in [1.165, 1.54) is 12.3 Å². The van der Waals surface area contributed by atoms with Crippen molar-refractivity contribution in [3.8, 4) is 0 Å². The van der Waals surface area contributed by atoms with Crippen molar-refractivity contribution in [2.24, 2.45) is 0 Å². The van der Waals surface area contributed by atoms with Gasteiger partial charge in [0.2, 0.25) is 0 Å². The third-order valence-electron chi connectivity index (χ3n) is 3.74. The Balaban J connectivity index is 1.77. The molecule has 14 heteroatoms. The minimum atomic E-state index is -1.74. The zero-order chi connectivity index (χ0) is 24.0. The second-order valence-electron chi connectivity index (χ2n) is 6.27. The van der Waals surface area contributed by atoms with E-state index in [-0.39, 0.29) is 5.82 Å². The van der Waals surface area contributed by atoms with Gasteiger partial charge in [-0.2, -0.15) is 4.98 Å². The molecule has 1 atom stereocenters. The van der Waals surface area contributed by atoms with Crippen LogP contribution in [0.2, 0.25) is 0 Å². The zero-order valence-electron chi connectivity index (χ0n) is 19.1. The second kappa shape index (κ2) is 21.2. The van der Waals surface area contributed by atoms with E-state index >= 15 is 0 Å². The Kier molecular flexibility index (Phi) is 19.1. The highest BCUT2D eigenvalue weighted by Crippen LogP contribution is 1.93. The lowest BCUT2D eigenvalue weighted by Gasteiger charge is -2.11. The van der Waals surface area contributed by atoms with E-state index in [9.17, 15) is 9.35 Å². The summed E-state index contributed by atoms with van der Waals surface area (Å²) < 4.78 is 52.6. The van der Waals surface area contributed by atoms with Gasteiger partial charge >= 0.3 is 5.69 Å². The largest absolute Gasteiger partial charge is 0.573 e. The molecule has 1 unspecified atom stereocenters. The number of anilines is 1. The Morgan fingerprint density at radius 2 is 1.27 bits per heavy atom. The second-order valence-corrected chi connectivity index (χ2v) is 7.45. The van der Waals surface area contributed by atoms with Crippen molar-refractivity contribution in [3.63, 3.8) is 0 Å². The summed E-state index contributed by atoms with van der Waals surface area (Å²) >= 11 is -1.74. The van der Waals surface area contributed by atoms with Crippen LogP contribution in [0.4, 0.5) is 5.82 Å². The molecule has 192 valence electrons. The Bertz CT molecular complexity index is 642. The van der Waals surface area contributed by atoms with Gasteiger partial charge in [-0.15, -0.1) is 4.72 Å². The van der Waals surface area contributed by atoms with Crippen LogP contribution in [-0.2, 0) is 44.7 Å². The Hall–Kier alpha value is -1.33. The molecule has 0 bridgehead atoms. The molecule has 0 amide bonds. The zero-order valence-corrected chi connectivity index (χ0v) is 19.9. The minimum Gasteiger partial charge on any atom is -0.573 e. The Morgan fingerprint density at radius 1 is 0.848 bits per heavy atom. The van der Waals surface area contributed by atoms with Gasteiger partial charge in [-0.25, -0.2) is 4.79 Å². The fourth-order valence-electron chi connectivity index (χ4n) is 2.15. The first-order valence-corrected chi connectivity index (χ1v) is 11.7. The standard InChI is InChI=1S/C19H36N4O9S/c1-26-6-7-28-10-11-30-14-15-32-17-16-31-13-12-29-9-8-27-5-3-21-33(25)23-4-2-18(20)22-19(23)24/h2,4,21H,3,5-17H2,1H3,(H2,20,22,24). The van der Waals surface area contributed by atoms with Crippen LogP contribution in [0.25, 0.3) is 0 Å². The van der Waals surface area contributed by atoms with Gasteiger partial charge in [0.1, 0.15) is 5.82 Å². The van der Waals surface area contributed by atoms with Crippen molar-refractivity contribution >= 4 is 17.4 Å². The maximum Gasteiger partial charge on any atom is 0.392 e. The fraction of sp³-hybridized carbons (Fsp3) is 0.789. The molecule has 0 aliphatic heterocycles. The third kappa shape index (κ3) is 16.9. The van der Waals surface area contributed by atoms with Crippen molar-refractivity contribution in [3.05, 3.63) is 22.7 Å². The van der Waals surface area contributed by atoms with E-state index in [0.29, 0.717) is 92.4 Å². The summed E-state index contributed by atoms with van der Waals surface area (Å²) in [5, 5.41) is 0. The van der Waals surface area contributed by atoms with Crippen molar-refractivity contribution in [2.75, 3.05) is 105 Å². The van der Waals surface area contributed by atoms with Gasteiger partial charge in [0, 0.05) is 13.2 Å². The van der Waals surface area contributed by atoms with Crippen LogP contribution < -0.4 is 16.1 Å². The highest BCUT2D eigenvalue weighted by Gasteiger charge is 2.12. The first-order valence-electron chi connectivity index (χ1n) is 10.6. The predicted molar refractivity (Wildman–Crippen MR) is 121 cm³/mol. The molecule has 0 saturated heterocycles. The number of ether oxygens (including phenoxy) is 7. The number of hydrogen-bond acceptors (Lipinski definition) is 12. The van der Waals surface area contributed by atoms with Crippen LogP contribution >= 0.6 is 0 Å². The van der Waals surface area contributed by atoms with E-state index in [2.05, 4.69) is 9.71 Å². The molecule has 1 heterocycles. The summed E-state index contributed by atoms with van der Waals surface area (Å²) in [6, 6.07) is 1.39. The Morgan fingerprint density at radius 3 is 1.70 bits per heavy atom. The lowest BCUT2D eigenvalue weighted by atomic mass is 10.6. The van der Waals surface area contributed by atoms with E-state index in [1.54, 1.807) is 7.11 Å². The topological polar surface area (TPSA) is 161 Å². The maximum absolute atomic E-state index is 11.9. The molecular weight excluding hydrogens is 460 g/mol. The summed E-state index contributed by atoms with van der Waals surface area (Å²) in [7, 11) is 1.63. The maximum atomic E-state index is 11.9. The molecule has 0 saturated carbocycles. The Labute approximate surface area is 197 Å². The molecule has 1 aromatic rings. The number of rotatable bonds is 23. The average molecular weight is 497 g/mol. The monoisotopic (exact) mass is 496 g/mol. The van der Waals surface area contributed by atoms with Crippen molar-refractivity contribution < 1.29 is 37.7 Å². The van der Waals surface area contributed by atoms with E-state index in [1.807, 2.05) is 0 Å². The molecular formula is C19H36N4O9S. The molecule has 0 aliphatic rings. The molecule has 33 heavy (non-hydrogen) atoms. The lowest BCUT2D eigenvalue weighted by Crippen LogP contribution is -2.39. The fourth-order valence-corrected chi connectivity index (χ4v) is 2.90. The van der Waals surface area contributed by atoms with Crippen LogP contribution in [0.1, 0.15) is 0 Å². The molecule has 0 fully saturated rings. The highest BCUT2D eigenvalue weighted by atomic mass is 32.2. The van der Waals surface area contributed by atoms with Gasteiger partial charge < -0.3 is 43.4 Å². The number of nitrogens with zero attached hydrogens (tertiary/aromatic N) is 2.